The summed E-state index contributed by atoms with van der Waals surface area (Å²) in [7, 11) is 0. The van der Waals surface area contributed by atoms with Gasteiger partial charge in [-0.2, -0.15) is 13.2 Å². The molecule has 3 N–H and O–H groups in total. The van der Waals surface area contributed by atoms with E-state index in [9.17, 15) is 28.0 Å². The van der Waals surface area contributed by atoms with E-state index in [2.05, 4.69) is 20.8 Å². The number of rotatable bonds is 9. The predicted molar refractivity (Wildman–Crippen MR) is 80.9 cm³/mol. The molecule has 1 aromatic rings. The molecule has 1 atom stereocenters. The third-order valence-corrected chi connectivity index (χ3v) is 3.24. The molecule has 1 heterocycles. The molecule has 0 radical (unpaired) electrons. The molecule has 8 nitrogen and oxygen atoms in total. The summed E-state index contributed by atoms with van der Waals surface area (Å²) in [5, 5.41) is 9.61. The first kappa shape index (κ1) is 20.6. The lowest BCUT2D eigenvalue weighted by Crippen LogP contribution is -2.40. The minimum atomic E-state index is -4.63. The van der Waals surface area contributed by atoms with Crippen molar-refractivity contribution in [2.75, 3.05) is 12.0 Å². The number of hydrazine groups is 1. The Hall–Kier alpha value is -2.43. The summed E-state index contributed by atoms with van der Waals surface area (Å²) < 4.78 is 37.7. The Bertz CT molecular complexity index is 583. The third kappa shape index (κ3) is 7.33. The number of anilines is 1. The standard InChI is InChI=1S/C14H20F3N5O3/c1-9(2)3-4-10(7-22(25)8-23)12(24)20-21-13-18-6-5-11(19-13)14(15,16)17/h5-6,8-10,25H,3-4,7H2,1-2H3,(H,20,24)(H,18,19,21)/t10-/m0/s1. The van der Waals surface area contributed by atoms with Crippen molar-refractivity contribution in [1.82, 2.24) is 20.5 Å². The number of nitrogens with zero attached hydrogens (tertiary/aromatic N) is 3. The molecule has 1 aromatic heterocycles. The number of amides is 2. The summed E-state index contributed by atoms with van der Waals surface area (Å²) in [5.41, 5.74) is 3.25. The highest BCUT2D eigenvalue weighted by Crippen LogP contribution is 2.27. The number of aromatic nitrogens is 2. The molecule has 0 aliphatic rings. The molecule has 1 rings (SSSR count). The van der Waals surface area contributed by atoms with Gasteiger partial charge >= 0.3 is 6.18 Å². The van der Waals surface area contributed by atoms with Gasteiger partial charge in [-0.05, 0) is 18.4 Å². The molecule has 0 aliphatic carbocycles. The van der Waals surface area contributed by atoms with Gasteiger partial charge in [0.25, 0.3) is 0 Å². The highest BCUT2D eigenvalue weighted by molar-refractivity contribution is 5.80. The number of carbonyl (C=O) groups is 2. The second-order valence-corrected chi connectivity index (χ2v) is 5.77. The first-order chi connectivity index (χ1) is 11.6. The van der Waals surface area contributed by atoms with Gasteiger partial charge in [0.2, 0.25) is 18.3 Å². The summed E-state index contributed by atoms with van der Waals surface area (Å²) in [4.78, 5) is 29.5. The fraction of sp³-hybridized carbons (Fsp3) is 0.571. The predicted octanol–water partition coefficient (Wildman–Crippen LogP) is 1.84. The van der Waals surface area contributed by atoms with Crippen molar-refractivity contribution in [1.29, 1.82) is 0 Å². The first-order valence-corrected chi connectivity index (χ1v) is 7.50. The zero-order valence-corrected chi connectivity index (χ0v) is 13.7. The quantitative estimate of drug-likeness (QED) is 0.351. The van der Waals surface area contributed by atoms with Gasteiger partial charge in [0.1, 0.15) is 5.69 Å². The van der Waals surface area contributed by atoms with Gasteiger partial charge in [0, 0.05) is 6.20 Å². The Kier molecular flexibility index (Phi) is 7.55. The number of halogens is 3. The largest absolute Gasteiger partial charge is 0.433 e. The monoisotopic (exact) mass is 363 g/mol. The molecular weight excluding hydrogens is 343 g/mol. The maximum atomic E-state index is 12.6. The number of hydrogen-bond acceptors (Lipinski definition) is 6. The smallest absolute Gasteiger partial charge is 0.286 e. The van der Waals surface area contributed by atoms with Gasteiger partial charge in [-0.15, -0.1) is 0 Å². The molecule has 0 saturated carbocycles. The lowest BCUT2D eigenvalue weighted by molar-refractivity contribution is -0.154. The van der Waals surface area contributed by atoms with Crippen molar-refractivity contribution in [3.8, 4) is 0 Å². The Labute approximate surface area is 142 Å². The minimum absolute atomic E-state index is 0.166. The van der Waals surface area contributed by atoms with Gasteiger partial charge in [-0.25, -0.2) is 15.0 Å². The molecule has 11 heteroatoms. The van der Waals surface area contributed by atoms with Gasteiger partial charge in [0.05, 0.1) is 12.5 Å². The van der Waals surface area contributed by atoms with Gasteiger partial charge in [-0.1, -0.05) is 20.3 Å². The summed E-state index contributed by atoms with van der Waals surface area (Å²) >= 11 is 0. The first-order valence-electron chi connectivity index (χ1n) is 7.50. The van der Waals surface area contributed by atoms with Crippen LogP contribution in [0.5, 0.6) is 0 Å². The van der Waals surface area contributed by atoms with E-state index in [-0.39, 0.29) is 13.0 Å². The van der Waals surface area contributed by atoms with Crippen LogP contribution in [0.4, 0.5) is 19.1 Å². The zero-order valence-electron chi connectivity index (χ0n) is 13.7. The Balaban J connectivity index is 2.71. The van der Waals surface area contributed by atoms with Crippen molar-refractivity contribution in [2.24, 2.45) is 11.8 Å². The number of carbonyl (C=O) groups excluding carboxylic acids is 2. The van der Waals surface area contributed by atoms with E-state index in [1.54, 1.807) is 0 Å². The number of nitrogens with one attached hydrogen (secondary N) is 2. The molecular formula is C14H20F3N5O3. The number of hydrogen-bond donors (Lipinski definition) is 3. The van der Waals surface area contributed by atoms with Crippen molar-refractivity contribution in [3.05, 3.63) is 18.0 Å². The highest BCUT2D eigenvalue weighted by Gasteiger charge is 2.32. The van der Waals surface area contributed by atoms with E-state index in [0.717, 1.165) is 6.20 Å². The van der Waals surface area contributed by atoms with Crippen molar-refractivity contribution < 1.29 is 28.0 Å². The molecule has 0 aromatic carbocycles. The summed E-state index contributed by atoms with van der Waals surface area (Å²) in [6.07, 6.45) is -2.53. The van der Waals surface area contributed by atoms with Crippen LogP contribution in [0.15, 0.2) is 12.3 Å². The molecule has 0 saturated heterocycles. The molecule has 0 spiro atoms. The van der Waals surface area contributed by atoms with Crippen LogP contribution in [-0.2, 0) is 15.8 Å². The average Bonchev–Trinajstić information content (AvgIpc) is 2.55. The van der Waals surface area contributed by atoms with Crippen LogP contribution in [0.25, 0.3) is 0 Å². The fourth-order valence-electron chi connectivity index (χ4n) is 1.91. The maximum Gasteiger partial charge on any atom is 0.433 e. The molecule has 0 aliphatic heterocycles. The van der Waals surface area contributed by atoms with Crippen LogP contribution >= 0.6 is 0 Å². The van der Waals surface area contributed by atoms with E-state index in [0.29, 0.717) is 29.9 Å². The van der Waals surface area contributed by atoms with E-state index in [4.69, 9.17) is 0 Å². The second kappa shape index (κ2) is 9.16. The molecule has 2 amide bonds. The van der Waals surface area contributed by atoms with Gasteiger partial charge in [0.15, 0.2) is 0 Å². The van der Waals surface area contributed by atoms with E-state index in [1.807, 2.05) is 13.8 Å². The van der Waals surface area contributed by atoms with E-state index in [1.165, 1.54) is 0 Å². The van der Waals surface area contributed by atoms with Gasteiger partial charge in [-0.3, -0.25) is 25.6 Å². The maximum absolute atomic E-state index is 12.6. The van der Waals surface area contributed by atoms with Crippen LogP contribution in [-0.4, -0.2) is 39.1 Å². The molecule has 0 fully saturated rings. The van der Waals surface area contributed by atoms with E-state index < -0.39 is 29.6 Å². The molecule has 140 valence electrons. The molecule has 0 bridgehead atoms. The van der Waals surface area contributed by atoms with Crippen molar-refractivity contribution in [2.45, 2.75) is 32.9 Å². The zero-order chi connectivity index (χ0) is 19.0. The van der Waals surface area contributed by atoms with Crippen molar-refractivity contribution in [3.63, 3.8) is 0 Å². The number of alkyl halides is 3. The average molecular weight is 363 g/mol. The normalized spacial score (nSPS) is 12.6. The second-order valence-electron chi connectivity index (χ2n) is 5.77. The van der Waals surface area contributed by atoms with Crippen molar-refractivity contribution >= 4 is 18.3 Å². The summed E-state index contributed by atoms with van der Waals surface area (Å²) in [6.45, 7) is 3.65. The lowest BCUT2D eigenvalue weighted by atomic mass is 9.97. The summed E-state index contributed by atoms with van der Waals surface area (Å²) in [6, 6.07) is 0.701. The Morgan fingerprint density at radius 3 is 2.64 bits per heavy atom. The van der Waals surface area contributed by atoms with Crippen LogP contribution in [0.2, 0.25) is 0 Å². The molecule has 0 unspecified atom stereocenters. The van der Waals surface area contributed by atoms with E-state index >= 15 is 0 Å². The fourth-order valence-corrected chi connectivity index (χ4v) is 1.91. The number of hydroxylamine groups is 2. The summed E-state index contributed by atoms with van der Waals surface area (Å²) in [5.74, 6) is -1.50. The van der Waals surface area contributed by atoms with Crippen LogP contribution in [0, 0.1) is 11.8 Å². The minimum Gasteiger partial charge on any atom is -0.286 e. The Morgan fingerprint density at radius 2 is 2.08 bits per heavy atom. The lowest BCUT2D eigenvalue weighted by Gasteiger charge is -2.20. The SMILES string of the molecule is CC(C)CC[C@@H](CN(O)C=O)C(=O)NNc1nccc(C(F)(F)F)n1. The van der Waals surface area contributed by atoms with Crippen LogP contribution < -0.4 is 10.9 Å². The Morgan fingerprint density at radius 1 is 1.40 bits per heavy atom. The highest BCUT2D eigenvalue weighted by atomic mass is 19.4. The molecule has 25 heavy (non-hydrogen) atoms. The van der Waals surface area contributed by atoms with Gasteiger partial charge < -0.3 is 0 Å². The topological polar surface area (TPSA) is 107 Å². The third-order valence-electron chi connectivity index (χ3n) is 3.24. The van der Waals surface area contributed by atoms with Crippen LogP contribution in [0.1, 0.15) is 32.4 Å². The van der Waals surface area contributed by atoms with Crippen LogP contribution in [0.3, 0.4) is 0 Å².